The molecule has 0 aliphatic carbocycles. The maximum absolute atomic E-state index is 12.8. The minimum atomic E-state index is -0.261. The molecule has 0 N–H and O–H groups in total. The highest BCUT2D eigenvalue weighted by atomic mass is 35.5. The smallest absolute Gasteiger partial charge is 0.123 e. The lowest BCUT2D eigenvalue weighted by Crippen LogP contribution is -1.94. The topological polar surface area (TPSA) is 0 Å². The predicted molar refractivity (Wildman–Crippen MR) is 54.2 cm³/mol. The molecule has 0 unspecified atom stereocenters. The summed E-state index contributed by atoms with van der Waals surface area (Å²) in [5.41, 5.74) is 0.765. The van der Waals surface area contributed by atoms with Gasteiger partial charge in [-0.1, -0.05) is 24.6 Å². The summed E-state index contributed by atoms with van der Waals surface area (Å²) in [5, 5.41) is 0.584. The summed E-state index contributed by atoms with van der Waals surface area (Å²) >= 11 is 5.91. The summed E-state index contributed by atoms with van der Waals surface area (Å²) in [6, 6.07) is 4.37. The first-order valence-electron chi connectivity index (χ1n) is 4.04. The molecule has 0 spiro atoms. The van der Waals surface area contributed by atoms with Crippen molar-refractivity contribution in [1.29, 1.82) is 0 Å². The van der Waals surface area contributed by atoms with Crippen LogP contribution in [-0.2, 0) is 0 Å². The van der Waals surface area contributed by atoms with Crippen LogP contribution in [0, 0.1) is 11.7 Å². The van der Waals surface area contributed by atoms with Crippen LogP contribution in [0.2, 0.25) is 5.02 Å². The fraction of sp³-hybridized carbons (Fsp3) is 0.182. The van der Waals surface area contributed by atoms with Crippen molar-refractivity contribution in [2.75, 3.05) is 0 Å². The summed E-state index contributed by atoms with van der Waals surface area (Å²) in [6.07, 6.45) is 2.50. The van der Waals surface area contributed by atoms with Crippen LogP contribution in [0.5, 0.6) is 0 Å². The van der Waals surface area contributed by atoms with Gasteiger partial charge in [0.25, 0.3) is 0 Å². The Morgan fingerprint density at radius 2 is 2.31 bits per heavy atom. The normalized spacial score (nSPS) is 10.5. The third-order valence-electron chi connectivity index (χ3n) is 1.84. The van der Waals surface area contributed by atoms with Crippen LogP contribution in [0.15, 0.2) is 30.9 Å². The second kappa shape index (κ2) is 4.43. The summed E-state index contributed by atoms with van der Waals surface area (Å²) in [7, 11) is 0. The molecule has 0 bridgehead atoms. The maximum Gasteiger partial charge on any atom is 0.123 e. The van der Waals surface area contributed by atoms with Gasteiger partial charge in [0, 0.05) is 10.9 Å². The van der Waals surface area contributed by atoms with E-state index in [1.165, 1.54) is 12.1 Å². The van der Waals surface area contributed by atoms with Crippen molar-refractivity contribution in [3.8, 4) is 0 Å². The highest BCUT2D eigenvalue weighted by Crippen LogP contribution is 2.26. The average molecular weight is 198 g/mol. The molecule has 0 saturated carbocycles. The third-order valence-corrected chi connectivity index (χ3v) is 2.17. The number of hydrogen-bond donors (Lipinski definition) is 0. The fourth-order valence-corrected chi connectivity index (χ4v) is 1.43. The molecule has 0 saturated heterocycles. The Morgan fingerprint density at radius 3 is 2.92 bits per heavy atom. The molecule has 0 nitrogen and oxygen atoms in total. The quantitative estimate of drug-likeness (QED) is 0.643. The largest absolute Gasteiger partial charge is 0.207 e. The molecular weight excluding hydrogens is 187 g/mol. The number of halogens is 2. The standard InChI is InChI=1S/C11H11ClF/c1-3-4-8(2)10-7-9(13)5-6-11(10)12/h3,5-7H,1,4H2,2H3. The Hall–Kier alpha value is -0.820. The van der Waals surface area contributed by atoms with E-state index in [1.54, 1.807) is 12.1 Å². The predicted octanol–water partition coefficient (Wildman–Crippen LogP) is 4.00. The van der Waals surface area contributed by atoms with Gasteiger partial charge in [0.05, 0.1) is 0 Å². The zero-order valence-electron chi connectivity index (χ0n) is 7.48. The Bertz CT molecular complexity index is 307. The number of allylic oxidation sites excluding steroid dienone is 1. The first-order valence-corrected chi connectivity index (χ1v) is 4.41. The molecule has 2 heteroatoms. The average Bonchev–Trinajstić information content (AvgIpc) is 2.09. The molecule has 0 aromatic heterocycles. The van der Waals surface area contributed by atoms with Gasteiger partial charge in [-0.3, -0.25) is 0 Å². The summed E-state index contributed by atoms with van der Waals surface area (Å²) in [6.45, 7) is 5.54. The molecule has 0 aliphatic heterocycles. The molecule has 1 aromatic carbocycles. The number of benzene rings is 1. The second-order valence-electron chi connectivity index (χ2n) is 2.90. The van der Waals surface area contributed by atoms with Crippen LogP contribution in [-0.4, -0.2) is 0 Å². The van der Waals surface area contributed by atoms with Gasteiger partial charge < -0.3 is 0 Å². The van der Waals surface area contributed by atoms with Gasteiger partial charge in [-0.2, -0.15) is 0 Å². The van der Waals surface area contributed by atoms with E-state index in [4.69, 9.17) is 11.6 Å². The molecular formula is C11H11ClF. The van der Waals surface area contributed by atoms with Gasteiger partial charge in [-0.05, 0) is 30.2 Å². The maximum atomic E-state index is 12.8. The monoisotopic (exact) mass is 197 g/mol. The van der Waals surface area contributed by atoms with Crippen molar-refractivity contribution in [3.63, 3.8) is 0 Å². The molecule has 0 atom stereocenters. The summed E-state index contributed by atoms with van der Waals surface area (Å²) in [5.74, 6) is 0.766. The van der Waals surface area contributed by atoms with Crippen molar-refractivity contribution in [1.82, 2.24) is 0 Å². The van der Waals surface area contributed by atoms with Gasteiger partial charge in [-0.25, -0.2) is 4.39 Å². The van der Waals surface area contributed by atoms with Crippen LogP contribution >= 0.6 is 11.6 Å². The van der Waals surface area contributed by atoms with E-state index < -0.39 is 0 Å². The molecule has 13 heavy (non-hydrogen) atoms. The molecule has 69 valence electrons. The second-order valence-corrected chi connectivity index (χ2v) is 3.30. The first kappa shape index (κ1) is 10.3. The lowest BCUT2D eigenvalue weighted by atomic mass is 9.98. The van der Waals surface area contributed by atoms with E-state index in [2.05, 4.69) is 6.58 Å². The Kier molecular flexibility index (Phi) is 3.49. The van der Waals surface area contributed by atoms with Gasteiger partial charge >= 0.3 is 0 Å². The SMILES string of the molecule is C=CC[C](C)c1cc(F)ccc1Cl. The van der Waals surface area contributed by atoms with Crippen molar-refractivity contribution in [2.45, 2.75) is 13.3 Å². The van der Waals surface area contributed by atoms with Crippen LogP contribution in [0.3, 0.4) is 0 Å². The molecule has 0 aliphatic rings. The van der Waals surface area contributed by atoms with Gasteiger partial charge in [0.1, 0.15) is 5.82 Å². The molecule has 0 heterocycles. The zero-order chi connectivity index (χ0) is 9.84. The van der Waals surface area contributed by atoms with Crippen molar-refractivity contribution >= 4 is 11.6 Å². The van der Waals surface area contributed by atoms with Crippen molar-refractivity contribution < 1.29 is 4.39 Å². The lowest BCUT2D eigenvalue weighted by molar-refractivity contribution is 0.626. The minimum absolute atomic E-state index is 0.261. The van der Waals surface area contributed by atoms with Crippen LogP contribution in [0.25, 0.3) is 0 Å². The van der Waals surface area contributed by atoms with Crippen LogP contribution < -0.4 is 0 Å². The molecule has 0 fully saturated rings. The summed E-state index contributed by atoms with van der Waals surface area (Å²) < 4.78 is 12.8. The molecule has 1 radical (unpaired) electrons. The Morgan fingerprint density at radius 1 is 1.62 bits per heavy atom. The lowest BCUT2D eigenvalue weighted by Gasteiger charge is -2.10. The zero-order valence-corrected chi connectivity index (χ0v) is 8.24. The van der Waals surface area contributed by atoms with Gasteiger partial charge in [-0.15, -0.1) is 6.58 Å². The number of hydrogen-bond acceptors (Lipinski definition) is 0. The van der Waals surface area contributed by atoms with E-state index >= 15 is 0 Å². The van der Waals surface area contributed by atoms with Gasteiger partial charge in [0.2, 0.25) is 0 Å². The minimum Gasteiger partial charge on any atom is -0.207 e. The Balaban J connectivity index is 2.97. The molecule has 1 rings (SSSR count). The highest BCUT2D eigenvalue weighted by Gasteiger charge is 2.09. The Labute approximate surface area is 83.0 Å². The summed E-state index contributed by atoms with van der Waals surface area (Å²) in [4.78, 5) is 0. The fourth-order valence-electron chi connectivity index (χ4n) is 1.15. The van der Waals surface area contributed by atoms with E-state index in [0.29, 0.717) is 5.02 Å². The third kappa shape index (κ3) is 2.56. The highest BCUT2D eigenvalue weighted by molar-refractivity contribution is 6.31. The van der Waals surface area contributed by atoms with Crippen molar-refractivity contribution in [2.24, 2.45) is 0 Å². The molecule has 0 amide bonds. The van der Waals surface area contributed by atoms with Crippen LogP contribution in [0.4, 0.5) is 4.39 Å². The number of rotatable bonds is 3. The molecule has 1 aromatic rings. The van der Waals surface area contributed by atoms with Gasteiger partial charge in [0.15, 0.2) is 0 Å². The van der Waals surface area contributed by atoms with E-state index in [9.17, 15) is 4.39 Å². The van der Waals surface area contributed by atoms with E-state index in [-0.39, 0.29) is 5.82 Å². The van der Waals surface area contributed by atoms with Crippen LogP contribution in [0.1, 0.15) is 18.9 Å². The van der Waals surface area contributed by atoms with Crippen molar-refractivity contribution in [3.05, 3.63) is 53.2 Å². The first-order chi connectivity index (χ1) is 6.15. The van der Waals surface area contributed by atoms with E-state index in [1.807, 2.05) is 6.92 Å². The van der Waals surface area contributed by atoms with E-state index in [0.717, 1.165) is 17.9 Å².